The van der Waals surface area contributed by atoms with Gasteiger partial charge in [0.05, 0.1) is 12.3 Å². The monoisotopic (exact) mass is 495 g/mol. The Kier molecular flexibility index (Phi) is 5.75. The molecule has 35 heavy (non-hydrogen) atoms. The Morgan fingerprint density at radius 3 is 2.77 bits per heavy atom. The van der Waals surface area contributed by atoms with Gasteiger partial charge >= 0.3 is 0 Å². The number of halogens is 3. The van der Waals surface area contributed by atoms with Crippen molar-refractivity contribution >= 4 is 34.1 Å². The molecule has 3 heterocycles. The van der Waals surface area contributed by atoms with E-state index in [4.69, 9.17) is 23.9 Å². The quantitative estimate of drug-likeness (QED) is 0.425. The van der Waals surface area contributed by atoms with Crippen molar-refractivity contribution in [2.75, 3.05) is 13.1 Å². The molecule has 0 saturated carbocycles. The molecule has 1 fully saturated rings. The fourth-order valence-electron chi connectivity index (χ4n) is 4.37. The highest BCUT2D eigenvalue weighted by atomic mass is 35.5. The molecule has 11 heteroatoms. The summed E-state index contributed by atoms with van der Waals surface area (Å²) < 4.78 is 32.3. The zero-order valence-electron chi connectivity index (χ0n) is 18.7. The molecule has 4 aromatic rings. The normalized spacial score (nSPS) is 16.0. The standard InChI is InChI=1S/C24H20ClF2N7O/c1-29-19-6-5-13(9-17(19)26)23-30-21(24(35)33-7-3-4-15(28)12-33)22(25)34(23)16-8-14-11-32(2)31-20(14)18(27)10-16/h5-6,8-11,15H,3-4,7,12,28H2,2H3/t15-/m1/s1. The maximum Gasteiger partial charge on any atom is 0.275 e. The van der Waals surface area contributed by atoms with Crippen LogP contribution in [0.1, 0.15) is 23.3 Å². The Morgan fingerprint density at radius 2 is 2.06 bits per heavy atom. The molecule has 5 rings (SSSR count). The van der Waals surface area contributed by atoms with Gasteiger partial charge in [-0.3, -0.25) is 14.0 Å². The van der Waals surface area contributed by atoms with Crippen molar-refractivity contribution in [2.24, 2.45) is 12.8 Å². The number of aryl methyl sites for hydroxylation is 1. The average Bonchev–Trinajstić information content (AvgIpc) is 3.38. The molecular weight excluding hydrogens is 476 g/mol. The van der Waals surface area contributed by atoms with Crippen LogP contribution in [0.4, 0.5) is 14.5 Å². The summed E-state index contributed by atoms with van der Waals surface area (Å²) in [6, 6.07) is 6.73. The maximum atomic E-state index is 14.9. The first-order valence-electron chi connectivity index (χ1n) is 10.9. The van der Waals surface area contributed by atoms with Gasteiger partial charge in [-0.05, 0) is 25.0 Å². The van der Waals surface area contributed by atoms with E-state index in [0.717, 1.165) is 18.9 Å². The molecule has 0 spiro atoms. The van der Waals surface area contributed by atoms with Crippen LogP contribution in [0.2, 0.25) is 5.15 Å². The predicted octanol–water partition coefficient (Wildman–Crippen LogP) is 4.47. The van der Waals surface area contributed by atoms with Crippen molar-refractivity contribution in [2.45, 2.75) is 18.9 Å². The number of hydrogen-bond acceptors (Lipinski definition) is 4. The first-order chi connectivity index (χ1) is 16.8. The lowest BCUT2D eigenvalue weighted by Gasteiger charge is -2.30. The summed E-state index contributed by atoms with van der Waals surface area (Å²) in [7, 11) is 1.68. The summed E-state index contributed by atoms with van der Waals surface area (Å²) in [4.78, 5) is 22.6. The molecule has 1 amide bonds. The highest BCUT2D eigenvalue weighted by molar-refractivity contribution is 6.33. The Labute approximate surface area is 204 Å². The van der Waals surface area contributed by atoms with Gasteiger partial charge < -0.3 is 10.6 Å². The van der Waals surface area contributed by atoms with E-state index < -0.39 is 17.5 Å². The van der Waals surface area contributed by atoms with Crippen LogP contribution in [-0.4, -0.2) is 49.3 Å². The lowest BCUT2D eigenvalue weighted by molar-refractivity contribution is 0.0703. The second kappa shape index (κ2) is 8.76. The van der Waals surface area contributed by atoms with E-state index in [2.05, 4.69) is 14.9 Å². The highest BCUT2D eigenvalue weighted by Gasteiger charge is 2.30. The second-order valence-electron chi connectivity index (χ2n) is 8.51. The Balaban J connectivity index is 1.71. The molecule has 1 aliphatic rings. The number of rotatable bonds is 3. The number of amides is 1. The van der Waals surface area contributed by atoms with Crippen LogP contribution in [0.5, 0.6) is 0 Å². The van der Waals surface area contributed by atoms with Gasteiger partial charge in [0.1, 0.15) is 22.3 Å². The molecule has 0 aliphatic carbocycles. The number of piperidine rings is 1. The molecular formula is C24H20ClF2N7O. The first kappa shape index (κ1) is 23.0. The van der Waals surface area contributed by atoms with Gasteiger partial charge in [0.15, 0.2) is 11.5 Å². The minimum Gasteiger partial charge on any atom is -0.336 e. The molecule has 2 aromatic carbocycles. The summed E-state index contributed by atoms with van der Waals surface area (Å²) >= 11 is 6.71. The van der Waals surface area contributed by atoms with Crippen LogP contribution in [0, 0.1) is 18.2 Å². The molecule has 2 aromatic heterocycles. The van der Waals surface area contributed by atoms with E-state index >= 15 is 0 Å². The Bertz CT molecular complexity index is 1520. The molecule has 178 valence electrons. The van der Waals surface area contributed by atoms with Gasteiger partial charge in [-0.2, -0.15) is 5.10 Å². The van der Waals surface area contributed by atoms with Gasteiger partial charge in [0.2, 0.25) is 5.69 Å². The Hall–Kier alpha value is -3.81. The van der Waals surface area contributed by atoms with Crippen LogP contribution in [0.3, 0.4) is 0 Å². The number of benzene rings is 2. The van der Waals surface area contributed by atoms with Crippen LogP contribution in [0.15, 0.2) is 36.5 Å². The van der Waals surface area contributed by atoms with Crippen LogP contribution >= 0.6 is 11.6 Å². The number of imidazole rings is 1. The number of likely N-dealkylation sites (tertiary alicyclic amines) is 1. The lowest BCUT2D eigenvalue weighted by Crippen LogP contribution is -2.45. The van der Waals surface area contributed by atoms with E-state index in [1.165, 1.54) is 27.4 Å². The number of aromatic nitrogens is 4. The maximum absolute atomic E-state index is 14.9. The van der Waals surface area contributed by atoms with Crippen molar-refractivity contribution in [1.29, 1.82) is 0 Å². The van der Waals surface area contributed by atoms with E-state index in [1.807, 2.05) is 0 Å². The fourth-order valence-corrected chi connectivity index (χ4v) is 4.67. The molecule has 0 unspecified atom stereocenters. The molecule has 1 saturated heterocycles. The fraction of sp³-hybridized carbons (Fsp3) is 0.250. The summed E-state index contributed by atoms with van der Waals surface area (Å²) in [5.41, 5.74) is 6.59. The number of carbonyl (C=O) groups excluding carboxylic acids is 1. The second-order valence-corrected chi connectivity index (χ2v) is 8.87. The Morgan fingerprint density at radius 1 is 1.26 bits per heavy atom. The minimum absolute atomic E-state index is 0.0403. The summed E-state index contributed by atoms with van der Waals surface area (Å²) in [6.07, 6.45) is 3.22. The highest BCUT2D eigenvalue weighted by Crippen LogP contribution is 2.34. The molecule has 8 nitrogen and oxygen atoms in total. The van der Waals surface area contributed by atoms with E-state index in [0.29, 0.717) is 24.2 Å². The lowest BCUT2D eigenvalue weighted by atomic mass is 10.1. The van der Waals surface area contributed by atoms with Gasteiger partial charge in [-0.25, -0.2) is 18.6 Å². The summed E-state index contributed by atoms with van der Waals surface area (Å²) in [5.74, 6) is -1.60. The zero-order valence-corrected chi connectivity index (χ0v) is 19.4. The summed E-state index contributed by atoms with van der Waals surface area (Å²) in [6.45, 7) is 7.97. The van der Waals surface area contributed by atoms with Crippen LogP contribution in [0.25, 0.3) is 32.8 Å². The van der Waals surface area contributed by atoms with Gasteiger partial charge in [0, 0.05) is 49.4 Å². The van der Waals surface area contributed by atoms with Crippen molar-refractivity contribution in [3.05, 3.63) is 70.4 Å². The third kappa shape index (κ3) is 4.03. The number of fused-ring (bicyclic) bond motifs is 1. The number of carbonyl (C=O) groups is 1. The van der Waals surface area contributed by atoms with Crippen molar-refractivity contribution in [3.8, 4) is 17.1 Å². The van der Waals surface area contributed by atoms with Crippen molar-refractivity contribution < 1.29 is 13.6 Å². The number of nitrogens with zero attached hydrogens (tertiary/aromatic N) is 6. The smallest absolute Gasteiger partial charge is 0.275 e. The molecule has 1 atom stereocenters. The van der Waals surface area contributed by atoms with Crippen molar-refractivity contribution in [1.82, 2.24) is 24.2 Å². The molecule has 0 radical (unpaired) electrons. The topological polar surface area (TPSA) is 86.3 Å². The predicted molar refractivity (Wildman–Crippen MR) is 128 cm³/mol. The van der Waals surface area contributed by atoms with Gasteiger partial charge in [-0.15, -0.1) is 0 Å². The average molecular weight is 496 g/mol. The van der Waals surface area contributed by atoms with Gasteiger partial charge in [0.25, 0.3) is 5.91 Å². The SMILES string of the molecule is [C-]#[N+]c1ccc(-c2nc(C(=O)N3CCC[C@@H](N)C3)c(Cl)n2-c2cc(F)c3nn(C)cc3c2)cc1F. The largest absolute Gasteiger partial charge is 0.336 e. The number of hydrogen-bond donors (Lipinski definition) is 1. The summed E-state index contributed by atoms with van der Waals surface area (Å²) in [5, 5.41) is 4.59. The van der Waals surface area contributed by atoms with E-state index in [1.54, 1.807) is 24.2 Å². The van der Waals surface area contributed by atoms with Gasteiger partial charge in [-0.1, -0.05) is 23.7 Å². The van der Waals surface area contributed by atoms with Crippen LogP contribution < -0.4 is 5.73 Å². The molecule has 2 N–H and O–H groups in total. The minimum atomic E-state index is -0.744. The molecule has 0 bridgehead atoms. The molecule has 1 aliphatic heterocycles. The third-order valence-corrected chi connectivity index (χ3v) is 6.36. The van der Waals surface area contributed by atoms with E-state index in [-0.39, 0.29) is 39.5 Å². The van der Waals surface area contributed by atoms with Crippen molar-refractivity contribution in [3.63, 3.8) is 0 Å². The third-order valence-electron chi connectivity index (χ3n) is 6.01. The van der Waals surface area contributed by atoms with E-state index in [9.17, 15) is 13.6 Å². The zero-order chi connectivity index (χ0) is 24.9. The van der Waals surface area contributed by atoms with Crippen LogP contribution in [-0.2, 0) is 7.05 Å². The number of nitrogens with two attached hydrogens (primary N) is 1. The first-order valence-corrected chi connectivity index (χ1v) is 11.3.